The van der Waals surface area contributed by atoms with Crippen LogP contribution in [0.5, 0.6) is 0 Å². The highest BCUT2D eigenvalue weighted by Gasteiger charge is 2.30. The second kappa shape index (κ2) is 7.87. The van der Waals surface area contributed by atoms with Crippen LogP contribution in [-0.2, 0) is 11.0 Å². The molecule has 9 heteroatoms. The number of nitrogens with one attached hydrogen (secondary N) is 1. The molecule has 6 nitrogen and oxygen atoms in total. The van der Waals surface area contributed by atoms with E-state index in [9.17, 15) is 22.8 Å². The zero-order valence-corrected chi connectivity index (χ0v) is 15.2. The predicted molar refractivity (Wildman–Crippen MR) is 98.1 cm³/mol. The van der Waals surface area contributed by atoms with Crippen molar-refractivity contribution in [3.8, 4) is 0 Å². The Kier molecular flexibility index (Phi) is 5.53. The molecule has 2 aromatic rings. The van der Waals surface area contributed by atoms with E-state index in [4.69, 9.17) is 0 Å². The van der Waals surface area contributed by atoms with E-state index in [1.165, 1.54) is 6.20 Å². The third-order valence-corrected chi connectivity index (χ3v) is 4.53. The molecule has 0 aliphatic carbocycles. The van der Waals surface area contributed by atoms with E-state index in [0.29, 0.717) is 31.9 Å². The molecule has 0 unspecified atom stereocenters. The molecule has 2 amide bonds. The van der Waals surface area contributed by atoms with E-state index in [2.05, 4.69) is 10.3 Å². The van der Waals surface area contributed by atoms with E-state index >= 15 is 0 Å². The van der Waals surface area contributed by atoms with Gasteiger partial charge in [0.15, 0.2) is 0 Å². The molecule has 3 rings (SSSR count). The number of halogens is 3. The van der Waals surface area contributed by atoms with Crippen LogP contribution in [0.2, 0.25) is 0 Å². The summed E-state index contributed by atoms with van der Waals surface area (Å²) in [5, 5.41) is 2.61. The number of alkyl halides is 3. The first-order valence-corrected chi connectivity index (χ1v) is 8.69. The highest BCUT2D eigenvalue weighted by Crippen LogP contribution is 2.29. The molecule has 0 radical (unpaired) electrons. The van der Waals surface area contributed by atoms with Crippen molar-refractivity contribution in [1.82, 2.24) is 9.88 Å². The van der Waals surface area contributed by atoms with Crippen molar-refractivity contribution in [1.29, 1.82) is 0 Å². The second-order valence-corrected chi connectivity index (χ2v) is 6.43. The Hall–Kier alpha value is -3.10. The molecule has 148 valence electrons. The molecular weight excluding hydrogens is 373 g/mol. The average Bonchev–Trinajstić information content (AvgIpc) is 2.68. The zero-order chi connectivity index (χ0) is 20.3. The quantitative estimate of drug-likeness (QED) is 0.872. The van der Waals surface area contributed by atoms with Gasteiger partial charge >= 0.3 is 6.18 Å². The van der Waals surface area contributed by atoms with Gasteiger partial charge in [0.1, 0.15) is 5.82 Å². The van der Waals surface area contributed by atoms with Crippen molar-refractivity contribution in [2.24, 2.45) is 0 Å². The lowest BCUT2D eigenvalue weighted by Gasteiger charge is -2.34. The van der Waals surface area contributed by atoms with Gasteiger partial charge in [-0.15, -0.1) is 0 Å². The summed E-state index contributed by atoms with van der Waals surface area (Å²) in [5.41, 5.74) is -0.242. The minimum absolute atomic E-state index is 0.0499. The van der Waals surface area contributed by atoms with Crippen molar-refractivity contribution >= 4 is 23.3 Å². The van der Waals surface area contributed by atoms with Gasteiger partial charge in [0.25, 0.3) is 5.91 Å². The van der Waals surface area contributed by atoms with Gasteiger partial charge in [-0.2, -0.15) is 13.2 Å². The molecule has 28 heavy (non-hydrogen) atoms. The lowest BCUT2D eigenvalue weighted by Crippen LogP contribution is -2.48. The van der Waals surface area contributed by atoms with Crippen molar-refractivity contribution in [2.45, 2.75) is 13.1 Å². The van der Waals surface area contributed by atoms with Crippen molar-refractivity contribution in [3.63, 3.8) is 0 Å². The average molecular weight is 392 g/mol. The van der Waals surface area contributed by atoms with E-state index in [1.54, 1.807) is 24.0 Å². The summed E-state index contributed by atoms with van der Waals surface area (Å²) in [5.74, 6) is 0.267. The van der Waals surface area contributed by atoms with Crippen LogP contribution in [0.1, 0.15) is 22.8 Å². The van der Waals surface area contributed by atoms with Gasteiger partial charge in [0.2, 0.25) is 5.91 Å². The van der Waals surface area contributed by atoms with Crippen LogP contribution >= 0.6 is 0 Å². The van der Waals surface area contributed by atoms with Crippen molar-refractivity contribution in [2.75, 3.05) is 36.4 Å². The minimum Gasteiger partial charge on any atom is -0.353 e. The number of carbonyl (C=O) groups is 2. The maximum absolute atomic E-state index is 12.6. The summed E-state index contributed by atoms with van der Waals surface area (Å²) in [4.78, 5) is 31.7. The summed E-state index contributed by atoms with van der Waals surface area (Å²) in [7, 11) is 0. The fourth-order valence-corrected chi connectivity index (χ4v) is 2.91. The van der Waals surface area contributed by atoms with Gasteiger partial charge in [-0.05, 0) is 36.4 Å². The first-order valence-electron chi connectivity index (χ1n) is 8.69. The number of nitrogens with zero attached hydrogens (tertiary/aromatic N) is 3. The number of hydrogen-bond acceptors (Lipinski definition) is 4. The lowest BCUT2D eigenvalue weighted by molar-refractivity contribution is -0.137. The number of amides is 2. The first-order chi connectivity index (χ1) is 13.2. The van der Waals surface area contributed by atoms with Gasteiger partial charge in [-0.1, -0.05) is 0 Å². The van der Waals surface area contributed by atoms with Crippen LogP contribution in [0.15, 0.2) is 42.6 Å². The minimum atomic E-state index is -4.44. The van der Waals surface area contributed by atoms with Crippen LogP contribution in [-0.4, -0.2) is 47.9 Å². The highest BCUT2D eigenvalue weighted by atomic mass is 19.4. The second-order valence-electron chi connectivity index (χ2n) is 6.43. The van der Waals surface area contributed by atoms with Gasteiger partial charge in [-0.3, -0.25) is 9.59 Å². The third-order valence-electron chi connectivity index (χ3n) is 4.53. The number of hydrogen-bond donors (Lipinski definition) is 1. The summed E-state index contributed by atoms with van der Waals surface area (Å²) < 4.78 is 37.8. The number of benzene rings is 1. The van der Waals surface area contributed by atoms with Crippen molar-refractivity contribution < 1.29 is 22.8 Å². The van der Waals surface area contributed by atoms with Crippen molar-refractivity contribution in [3.05, 3.63) is 53.7 Å². The van der Waals surface area contributed by atoms with E-state index in [1.807, 2.05) is 4.90 Å². The molecule has 1 aromatic carbocycles. The van der Waals surface area contributed by atoms with Crippen LogP contribution in [0.3, 0.4) is 0 Å². The standard InChI is InChI=1S/C19H19F3N4O2/c1-13(27)25-8-10-26(11-9-25)17-7-6-16(12-23-17)24-18(28)14-2-4-15(5-3-14)19(20,21)22/h2-7,12H,8-11H2,1H3,(H,24,28). The number of aromatic nitrogens is 1. The summed E-state index contributed by atoms with van der Waals surface area (Å²) >= 11 is 0. The predicted octanol–water partition coefficient (Wildman–Crippen LogP) is 3.02. The number of anilines is 2. The fraction of sp³-hybridized carbons (Fsp3) is 0.316. The molecule has 0 bridgehead atoms. The Bertz CT molecular complexity index is 843. The molecule has 1 aromatic heterocycles. The van der Waals surface area contributed by atoms with Gasteiger partial charge in [0, 0.05) is 38.7 Å². The maximum Gasteiger partial charge on any atom is 0.416 e. The summed E-state index contributed by atoms with van der Waals surface area (Å²) in [6.07, 6.45) is -2.95. The fourth-order valence-electron chi connectivity index (χ4n) is 2.91. The van der Waals surface area contributed by atoms with Crippen LogP contribution in [0.25, 0.3) is 0 Å². The van der Waals surface area contributed by atoms with Crippen LogP contribution in [0.4, 0.5) is 24.7 Å². The molecule has 2 heterocycles. The Morgan fingerprint density at radius 2 is 1.64 bits per heavy atom. The summed E-state index contributed by atoms with van der Waals surface area (Å²) in [6, 6.07) is 7.45. The third kappa shape index (κ3) is 4.59. The number of piperazine rings is 1. The Balaban J connectivity index is 1.60. The Morgan fingerprint density at radius 1 is 1.00 bits per heavy atom. The van der Waals surface area contributed by atoms with Gasteiger partial charge in [0.05, 0.1) is 17.4 Å². The molecule has 1 N–H and O–H groups in total. The lowest BCUT2D eigenvalue weighted by atomic mass is 10.1. The maximum atomic E-state index is 12.6. The molecule has 0 saturated carbocycles. The van der Waals surface area contributed by atoms with E-state index < -0.39 is 17.6 Å². The molecular formula is C19H19F3N4O2. The highest BCUT2D eigenvalue weighted by molar-refractivity contribution is 6.04. The van der Waals surface area contributed by atoms with Gasteiger partial charge < -0.3 is 15.1 Å². The first kappa shape index (κ1) is 19.7. The largest absolute Gasteiger partial charge is 0.416 e. The van der Waals surface area contributed by atoms with E-state index in [0.717, 1.165) is 30.1 Å². The monoisotopic (exact) mass is 392 g/mol. The van der Waals surface area contributed by atoms with Crippen LogP contribution < -0.4 is 10.2 Å². The summed E-state index contributed by atoms with van der Waals surface area (Å²) in [6.45, 7) is 4.14. The van der Waals surface area contributed by atoms with Gasteiger partial charge in [-0.25, -0.2) is 4.98 Å². The zero-order valence-electron chi connectivity index (χ0n) is 15.2. The molecule has 0 atom stereocenters. The normalized spacial score (nSPS) is 14.7. The Labute approximate surface area is 160 Å². The number of pyridine rings is 1. The number of carbonyl (C=O) groups excluding carboxylic acids is 2. The SMILES string of the molecule is CC(=O)N1CCN(c2ccc(NC(=O)c3ccc(C(F)(F)F)cc3)cn2)CC1. The smallest absolute Gasteiger partial charge is 0.353 e. The molecule has 1 fully saturated rings. The number of rotatable bonds is 3. The molecule has 1 aliphatic heterocycles. The molecule has 1 saturated heterocycles. The van der Waals surface area contributed by atoms with Crippen LogP contribution in [0, 0.1) is 0 Å². The van der Waals surface area contributed by atoms with E-state index in [-0.39, 0.29) is 11.5 Å². The topological polar surface area (TPSA) is 65.5 Å². The molecule has 0 spiro atoms. The Morgan fingerprint density at radius 3 is 2.14 bits per heavy atom. The molecule has 1 aliphatic rings.